The average molecular weight is 671 g/mol. The highest BCUT2D eigenvalue weighted by Crippen LogP contribution is 2.31. The standard InChI is InChI=1S/C33H33Cl2N3O6S/c1-4-5-14-44-31(39)21-38(45(42,43)28-18-25(34)17-26(35)19-28)27-12-13-29-23(16-27)9-7-11-30(29)32(40)36-20-22-8-6-10-24(15-22)33(41)37(2)3/h6-13,15-19H,4-5,14,20-21H2,1-3H3,(H,36,40). The number of halogens is 2. The SMILES string of the molecule is CCCCOC(=O)CN(c1ccc2c(C(=O)NCc3cccc(C(=O)N(C)C)c3)cccc2c1)S(=O)(=O)c1cc(Cl)cc(Cl)c1. The van der Waals surface area contributed by atoms with Crippen molar-refractivity contribution in [3.05, 3.63) is 106 Å². The summed E-state index contributed by atoms with van der Waals surface area (Å²) in [7, 11) is -0.977. The second kappa shape index (κ2) is 14.8. The van der Waals surface area contributed by atoms with Crippen molar-refractivity contribution >= 4 is 67.5 Å². The van der Waals surface area contributed by atoms with Gasteiger partial charge in [-0.25, -0.2) is 8.42 Å². The van der Waals surface area contributed by atoms with Gasteiger partial charge in [-0.3, -0.25) is 18.7 Å². The van der Waals surface area contributed by atoms with E-state index in [1.807, 2.05) is 13.0 Å². The van der Waals surface area contributed by atoms with E-state index in [4.69, 9.17) is 27.9 Å². The van der Waals surface area contributed by atoms with Crippen molar-refractivity contribution in [2.45, 2.75) is 31.2 Å². The number of hydrogen-bond acceptors (Lipinski definition) is 6. The summed E-state index contributed by atoms with van der Waals surface area (Å²) in [5.41, 5.74) is 1.82. The Morgan fingerprint density at radius 3 is 2.29 bits per heavy atom. The highest BCUT2D eigenvalue weighted by atomic mass is 35.5. The highest BCUT2D eigenvalue weighted by Gasteiger charge is 2.29. The molecule has 0 spiro atoms. The van der Waals surface area contributed by atoms with Crippen molar-refractivity contribution in [1.82, 2.24) is 10.2 Å². The van der Waals surface area contributed by atoms with E-state index in [9.17, 15) is 22.8 Å². The molecule has 0 saturated heterocycles. The molecule has 4 aromatic carbocycles. The summed E-state index contributed by atoms with van der Waals surface area (Å²) >= 11 is 12.2. The summed E-state index contributed by atoms with van der Waals surface area (Å²) in [5.74, 6) is -1.21. The van der Waals surface area contributed by atoms with Gasteiger partial charge >= 0.3 is 5.97 Å². The maximum Gasteiger partial charge on any atom is 0.326 e. The van der Waals surface area contributed by atoms with Crippen LogP contribution >= 0.6 is 23.2 Å². The Kier molecular flexibility index (Phi) is 11.1. The fourth-order valence-corrected chi connectivity index (χ4v) is 6.72. The van der Waals surface area contributed by atoms with Crippen LogP contribution in [0, 0.1) is 0 Å². The second-order valence-corrected chi connectivity index (χ2v) is 13.2. The molecular weight excluding hydrogens is 637 g/mol. The van der Waals surface area contributed by atoms with E-state index in [1.54, 1.807) is 62.6 Å². The fourth-order valence-electron chi connectivity index (χ4n) is 4.59. The summed E-state index contributed by atoms with van der Waals surface area (Å²) in [5, 5.41) is 4.28. The van der Waals surface area contributed by atoms with Gasteiger partial charge in [0, 0.05) is 41.8 Å². The molecule has 9 nitrogen and oxygen atoms in total. The van der Waals surface area contributed by atoms with Gasteiger partial charge in [-0.1, -0.05) is 66.9 Å². The van der Waals surface area contributed by atoms with E-state index in [-0.39, 0.29) is 45.6 Å². The number of sulfonamides is 1. The molecule has 0 radical (unpaired) electrons. The van der Waals surface area contributed by atoms with E-state index in [0.717, 1.165) is 16.3 Å². The first kappa shape index (κ1) is 33.8. The molecule has 4 rings (SSSR count). The summed E-state index contributed by atoms with van der Waals surface area (Å²) in [6.07, 6.45) is 1.45. The Bertz CT molecular complexity index is 1830. The molecule has 0 heterocycles. The molecule has 12 heteroatoms. The van der Waals surface area contributed by atoms with Crippen molar-refractivity contribution in [2.24, 2.45) is 0 Å². The Hall–Kier alpha value is -4.12. The number of hydrogen-bond donors (Lipinski definition) is 1. The normalized spacial score (nSPS) is 11.2. The largest absolute Gasteiger partial charge is 0.464 e. The van der Waals surface area contributed by atoms with E-state index < -0.39 is 22.5 Å². The van der Waals surface area contributed by atoms with Crippen LogP contribution in [0.15, 0.2) is 83.8 Å². The molecule has 0 aliphatic heterocycles. The Morgan fingerprint density at radius 2 is 1.60 bits per heavy atom. The van der Waals surface area contributed by atoms with Crippen LogP contribution in [0.3, 0.4) is 0 Å². The number of benzene rings is 4. The third-order valence-electron chi connectivity index (χ3n) is 6.89. The number of carbonyl (C=O) groups is 3. The van der Waals surface area contributed by atoms with Crippen LogP contribution in [0.5, 0.6) is 0 Å². The molecule has 0 unspecified atom stereocenters. The first-order valence-corrected chi connectivity index (χ1v) is 16.4. The molecule has 0 aromatic heterocycles. The van der Waals surface area contributed by atoms with Crippen molar-refractivity contribution in [3.8, 4) is 0 Å². The molecule has 45 heavy (non-hydrogen) atoms. The lowest BCUT2D eigenvalue weighted by atomic mass is 10.0. The molecule has 2 amide bonds. The van der Waals surface area contributed by atoms with Gasteiger partial charge in [0.1, 0.15) is 6.54 Å². The zero-order valence-electron chi connectivity index (χ0n) is 25.0. The van der Waals surface area contributed by atoms with Gasteiger partial charge in [0.05, 0.1) is 17.2 Å². The van der Waals surface area contributed by atoms with Gasteiger partial charge in [0.25, 0.3) is 21.8 Å². The fraction of sp³-hybridized carbons (Fsp3) is 0.242. The molecule has 0 aliphatic rings. The van der Waals surface area contributed by atoms with Crippen LogP contribution in [-0.2, 0) is 26.1 Å². The molecule has 0 bridgehead atoms. The van der Waals surface area contributed by atoms with Gasteiger partial charge in [-0.15, -0.1) is 0 Å². The van der Waals surface area contributed by atoms with Gasteiger partial charge in [0.15, 0.2) is 0 Å². The molecule has 0 saturated carbocycles. The Balaban J connectivity index is 1.65. The second-order valence-electron chi connectivity index (χ2n) is 10.5. The molecular formula is C33H33Cl2N3O6S. The number of ether oxygens (including phenoxy) is 1. The van der Waals surface area contributed by atoms with Crippen LogP contribution in [0.4, 0.5) is 5.69 Å². The Morgan fingerprint density at radius 1 is 0.889 bits per heavy atom. The molecule has 4 aromatic rings. The lowest BCUT2D eigenvalue weighted by Crippen LogP contribution is -2.36. The van der Waals surface area contributed by atoms with Crippen LogP contribution in [-0.4, -0.2) is 58.3 Å². The van der Waals surface area contributed by atoms with Crippen LogP contribution in [0.25, 0.3) is 10.8 Å². The lowest BCUT2D eigenvalue weighted by Gasteiger charge is -2.24. The molecule has 0 fully saturated rings. The monoisotopic (exact) mass is 669 g/mol. The first-order valence-electron chi connectivity index (χ1n) is 14.2. The van der Waals surface area contributed by atoms with Gasteiger partial charge in [-0.2, -0.15) is 0 Å². The third-order valence-corrected chi connectivity index (χ3v) is 9.08. The number of fused-ring (bicyclic) bond motifs is 1. The zero-order valence-corrected chi connectivity index (χ0v) is 27.4. The number of nitrogens with one attached hydrogen (secondary N) is 1. The smallest absolute Gasteiger partial charge is 0.326 e. The number of rotatable bonds is 12. The maximum atomic E-state index is 13.9. The minimum atomic E-state index is -4.32. The maximum absolute atomic E-state index is 13.9. The van der Waals surface area contributed by atoms with E-state index in [2.05, 4.69) is 5.32 Å². The molecule has 1 N–H and O–H groups in total. The van der Waals surface area contributed by atoms with Crippen molar-refractivity contribution in [2.75, 3.05) is 31.6 Å². The minimum Gasteiger partial charge on any atom is -0.464 e. The Labute approximate surface area is 272 Å². The van der Waals surface area contributed by atoms with Gasteiger partial charge < -0.3 is 15.0 Å². The van der Waals surface area contributed by atoms with E-state index >= 15 is 0 Å². The number of anilines is 1. The number of esters is 1. The van der Waals surface area contributed by atoms with Crippen LogP contribution in [0.1, 0.15) is 46.0 Å². The summed E-state index contributed by atoms with van der Waals surface area (Å²) < 4.78 is 33.9. The predicted octanol–water partition coefficient (Wildman–Crippen LogP) is 6.32. The topological polar surface area (TPSA) is 113 Å². The molecule has 0 aliphatic carbocycles. The van der Waals surface area contributed by atoms with E-state index in [1.165, 1.54) is 29.2 Å². The molecule has 236 valence electrons. The number of amides is 2. The first-order chi connectivity index (χ1) is 21.4. The van der Waals surface area contributed by atoms with E-state index in [0.29, 0.717) is 28.3 Å². The van der Waals surface area contributed by atoms with Gasteiger partial charge in [-0.05, 0) is 71.3 Å². The predicted molar refractivity (Wildman–Crippen MR) is 176 cm³/mol. The highest BCUT2D eigenvalue weighted by molar-refractivity contribution is 7.92. The summed E-state index contributed by atoms with van der Waals surface area (Å²) in [6, 6.07) is 20.8. The van der Waals surface area contributed by atoms with Crippen LogP contribution in [0.2, 0.25) is 10.0 Å². The lowest BCUT2D eigenvalue weighted by molar-refractivity contribution is -0.141. The van der Waals surface area contributed by atoms with Crippen molar-refractivity contribution in [1.29, 1.82) is 0 Å². The van der Waals surface area contributed by atoms with Crippen molar-refractivity contribution < 1.29 is 27.5 Å². The number of carbonyl (C=O) groups excluding carboxylic acids is 3. The zero-order chi connectivity index (χ0) is 32.7. The summed E-state index contributed by atoms with van der Waals surface area (Å²) in [6.45, 7) is 1.72. The average Bonchev–Trinajstić information content (AvgIpc) is 3.01. The van der Waals surface area contributed by atoms with Crippen molar-refractivity contribution in [3.63, 3.8) is 0 Å². The third kappa shape index (κ3) is 8.33. The number of unbranched alkanes of at least 4 members (excludes halogenated alkanes) is 1. The quantitative estimate of drug-likeness (QED) is 0.140. The minimum absolute atomic E-state index is 0.122. The van der Waals surface area contributed by atoms with Gasteiger partial charge in [0.2, 0.25) is 0 Å². The van der Waals surface area contributed by atoms with Crippen LogP contribution < -0.4 is 9.62 Å². The summed E-state index contributed by atoms with van der Waals surface area (Å²) in [4.78, 5) is 39.6. The number of nitrogens with zero attached hydrogens (tertiary/aromatic N) is 2. The molecule has 0 atom stereocenters.